The van der Waals surface area contributed by atoms with Crippen molar-refractivity contribution < 1.29 is 13.2 Å². The predicted molar refractivity (Wildman–Crippen MR) is 141 cm³/mol. The van der Waals surface area contributed by atoms with Crippen LogP contribution in [0.2, 0.25) is 0 Å². The van der Waals surface area contributed by atoms with Crippen LogP contribution in [0.4, 0.5) is 18.9 Å². The molecule has 0 saturated carbocycles. The molecule has 0 radical (unpaired) electrons. The molecule has 180 valence electrons. The molecule has 1 aromatic heterocycles. The van der Waals surface area contributed by atoms with Crippen LogP contribution in [0.15, 0.2) is 97.2 Å². The van der Waals surface area contributed by atoms with Crippen molar-refractivity contribution in [1.29, 1.82) is 0 Å². The monoisotopic (exact) mass is 482 g/mol. The Morgan fingerprint density at radius 3 is 2.28 bits per heavy atom. The summed E-state index contributed by atoms with van der Waals surface area (Å²) in [6.45, 7) is 4.85. The van der Waals surface area contributed by atoms with Crippen molar-refractivity contribution in [3.63, 3.8) is 0 Å². The lowest BCUT2D eigenvalue weighted by atomic mass is 9.91. The molecule has 1 N–H and O–H groups in total. The zero-order valence-corrected chi connectivity index (χ0v) is 20.0. The molecule has 5 rings (SSSR count). The molecular weight excluding hydrogens is 457 g/mol. The van der Waals surface area contributed by atoms with Gasteiger partial charge in [0.2, 0.25) is 0 Å². The molecule has 0 atom stereocenters. The molecule has 0 saturated heterocycles. The van der Waals surface area contributed by atoms with Crippen LogP contribution in [0, 0.1) is 13.8 Å². The number of nitrogens with zero attached hydrogens (tertiary/aromatic N) is 1. The minimum atomic E-state index is -4.49. The standard InChI is InChI=1S/C31H25F3N2/c1-20-9-6-13-24(21(20)2)18-35-25-14-7-12-23(17-25)29-26-15-8-16-28(31(32,33)34)30(26)36-19-27(29)22-10-4-3-5-11-22/h3-17,19,35H,18H2,1-2H3. The van der Waals surface area contributed by atoms with Gasteiger partial charge in [-0.3, -0.25) is 4.98 Å². The maximum atomic E-state index is 13.8. The molecule has 0 amide bonds. The number of aromatic nitrogens is 1. The van der Waals surface area contributed by atoms with Crippen molar-refractivity contribution in [1.82, 2.24) is 4.98 Å². The van der Waals surface area contributed by atoms with Gasteiger partial charge in [0.15, 0.2) is 0 Å². The number of hydrogen-bond acceptors (Lipinski definition) is 2. The van der Waals surface area contributed by atoms with Crippen LogP contribution in [-0.4, -0.2) is 4.98 Å². The Morgan fingerprint density at radius 2 is 1.50 bits per heavy atom. The van der Waals surface area contributed by atoms with Crippen molar-refractivity contribution in [2.75, 3.05) is 5.32 Å². The Morgan fingerprint density at radius 1 is 0.778 bits per heavy atom. The highest BCUT2D eigenvalue weighted by atomic mass is 19.4. The van der Waals surface area contributed by atoms with Gasteiger partial charge in [-0.1, -0.05) is 72.8 Å². The fourth-order valence-electron chi connectivity index (χ4n) is 4.58. The van der Waals surface area contributed by atoms with E-state index in [1.165, 1.54) is 22.8 Å². The normalized spacial score (nSPS) is 11.6. The van der Waals surface area contributed by atoms with E-state index in [-0.39, 0.29) is 5.52 Å². The minimum Gasteiger partial charge on any atom is -0.381 e. The Kier molecular flexibility index (Phi) is 6.23. The van der Waals surface area contributed by atoms with Gasteiger partial charge in [-0.2, -0.15) is 13.2 Å². The molecule has 2 nitrogen and oxygen atoms in total. The number of fused-ring (bicyclic) bond motifs is 1. The highest BCUT2D eigenvalue weighted by Gasteiger charge is 2.33. The molecule has 0 spiro atoms. The van der Waals surface area contributed by atoms with Gasteiger partial charge in [0.1, 0.15) is 0 Å². The fourth-order valence-corrected chi connectivity index (χ4v) is 4.58. The fraction of sp³-hybridized carbons (Fsp3) is 0.129. The van der Waals surface area contributed by atoms with E-state index in [1.807, 2.05) is 60.7 Å². The second-order valence-corrected chi connectivity index (χ2v) is 8.91. The molecule has 5 aromatic rings. The van der Waals surface area contributed by atoms with Crippen LogP contribution in [0.5, 0.6) is 0 Å². The highest BCUT2D eigenvalue weighted by Crippen LogP contribution is 2.41. The summed E-state index contributed by atoms with van der Waals surface area (Å²) in [7, 11) is 0. The molecule has 0 fully saturated rings. The lowest BCUT2D eigenvalue weighted by Crippen LogP contribution is -2.07. The van der Waals surface area contributed by atoms with Gasteiger partial charge in [-0.25, -0.2) is 0 Å². The lowest BCUT2D eigenvalue weighted by molar-refractivity contribution is -0.136. The second kappa shape index (κ2) is 9.50. The molecule has 1 heterocycles. The second-order valence-electron chi connectivity index (χ2n) is 8.91. The number of rotatable bonds is 5. The van der Waals surface area contributed by atoms with Crippen LogP contribution in [0.25, 0.3) is 33.2 Å². The van der Waals surface area contributed by atoms with Gasteiger partial charge in [-0.05, 0) is 59.9 Å². The first-order chi connectivity index (χ1) is 17.3. The van der Waals surface area contributed by atoms with Crippen molar-refractivity contribution in [3.8, 4) is 22.3 Å². The number of para-hydroxylation sites is 1. The van der Waals surface area contributed by atoms with E-state index in [2.05, 4.69) is 36.3 Å². The molecule has 5 heteroatoms. The average molecular weight is 483 g/mol. The summed E-state index contributed by atoms with van der Waals surface area (Å²) in [5.74, 6) is 0. The third kappa shape index (κ3) is 4.57. The van der Waals surface area contributed by atoms with Crippen molar-refractivity contribution >= 4 is 16.6 Å². The van der Waals surface area contributed by atoms with Crippen LogP contribution in [0.1, 0.15) is 22.3 Å². The zero-order valence-electron chi connectivity index (χ0n) is 20.0. The summed E-state index contributed by atoms with van der Waals surface area (Å²) in [4.78, 5) is 4.29. The molecular formula is C31H25F3N2. The van der Waals surface area contributed by atoms with E-state index in [9.17, 15) is 13.2 Å². The summed E-state index contributed by atoms with van der Waals surface area (Å²) >= 11 is 0. The van der Waals surface area contributed by atoms with Gasteiger partial charge in [0.25, 0.3) is 0 Å². The van der Waals surface area contributed by atoms with Crippen LogP contribution in [-0.2, 0) is 12.7 Å². The van der Waals surface area contributed by atoms with E-state index in [1.54, 1.807) is 12.3 Å². The summed E-state index contributed by atoms with van der Waals surface area (Å²) in [5, 5.41) is 3.96. The smallest absolute Gasteiger partial charge is 0.381 e. The van der Waals surface area contributed by atoms with Gasteiger partial charge in [0.05, 0.1) is 11.1 Å². The first kappa shape index (κ1) is 23.6. The lowest BCUT2D eigenvalue weighted by Gasteiger charge is -2.17. The molecule has 0 bridgehead atoms. The first-order valence-corrected chi connectivity index (χ1v) is 11.8. The van der Waals surface area contributed by atoms with E-state index in [4.69, 9.17) is 0 Å². The van der Waals surface area contributed by atoms with E-state index >= 15 is 0 Å². The predicted octanol–water partition coefficient (Wildman–Crippen LogP) is 8.82. The molecule has 0 aliphatic carbocycles. The van der Waals surface area contributed by atoms with Gasteiger partial charge in [-0.15, -0.1) is 0 Å². The molecule has 4 aromatic carbocycles. The van der Waals surface area contributed by atoms with Crippen LogP contribution >= 0.6 is 0 Å². The first-order valence-electron chi connectivity index (χ1n) is 11.8. The number of nitrogens with one attached hydrogen (secondary N) is 1. The molecule has 0 aliphatic rings. The van der Waals surface area contributed by atoms with Gasteiger partial charge in [0, 0.05) is 34.9 Å². The topological polar surface area (TPSA) is 24.9 Å². The Bertz CT molecular complexity index is 1540. The van der Waals surface area contributed by atoms with E-state index in [0.717, 1.165) is 34.0 Å². The Balaban J connectivity index is 1.64. The minimum absolute atomic E-state index is 0.0478. The summed E-state index contributed by atoms with van der Waals surface area (Å²) in [6.07, 6.45) is -2.94. The van der Waals surface area contributed by atoms with Gasteiger partial charge < -0.3 is 5.32 Å². The number of anilines is 1. The quantitative estimate of drug-likeness (QED) is 0.271. The number of alkyl halides is 3. The number of benzene rings is 4. The highest BCUT2D eigenvalue weighted by molar-refractivity contribution is 6.03. The zero-order chi connectivity index (χ0) is 25.3. The maximum absolute atomic E-state index is 13.8. The number of halogens is 3. The number of pyridine rings is 1. The van der Waals surface area contributed by atoms with Gasteiger partial charge >= 0.3 is 6.18 Å². The van der Waals surface area contributed by atoms with Crippen LogP contribution in [0.3, 0.4) is 0 Å². The summed E-state index contributed by atoms with van der Waals surface area (Å²) in [6, 6.07) is 28.0. The third-order valence-corrected chi connectivity index (χ3v) is 6.64. The Labute approximate surface area is 208 Å². The molecule has 36 heavy (non-hydrogen) atoms. The third-order valence-electron chi connectivity index (χ3n) is 6.64. The largest absolute Gasteiger partial charge is 0.418 e. The van der Waals surface area contributed by atoms with E-state index in [0.29, 0.717) is 11.9 Å². The molecule has 0 unspecified atom stereocenters. The van der Waals surface area contributed by atoms with Crippen molar-refractivity contribution in [3.05, 3.63) is 119 Å². The van der Waals surface area contributed by atoms with Crippen molar-refractivity contribution in [2.45, 2.75) is 26.6 Å². The number of hydrogen-bond donors (Lipinski definition) is 1. The van der Waals surface area contributed by atoms with Crippen LogP contribution < -0.4 is 5.32 Å². The van der Waals surface area contributed by atoms with E-state index < -0.39 is 11.7 Å². The number of aryl methyl sites for hydroxylation is 1. The summed E-state index contributed by atoms with van der Waals surface area (Å²) < 4.78 is 41.4. The SMILES string of the molecule is Cc1cccc(CNc2cccc(-c3c(-c4ccccc4)cnc4c(C(F)(F)F)cccc34)c2)c1C. The Hall–Kier alpha value is -4.12. The maximum Gasteiger partial charge on any atom is 0.418 e. The summed E-state index contributed by atoms with van der Waals surface area (Å²) in [5.41, 5.74) is 7.03. The van der Waals surface area contributed by atoms with Crippen molar-refractivity contribution in [2.24, 2.45) is 0 Å². The molecule has 0 aliphatic heterocycles. The average Bonchev–Trinajstić information content (AvgIpc) is 2.88.